The largest absolute Gasteiger partial charge is 0.325 e. The lowest BCUT2D eigenvalue weighted by Gasteiger charge is -2.15. The number of hydrogen-bond donors (Lipinski definition) is 2. The van der Waals surface area contributed by atoms with Gasteiger partial charge in [-0.05, 0) is 37.3 Å². The molecule has 2 aromatic carbocycles. The number of sulfone groups is 1. The van der Waals surface area contributed by atoms with Crippen molar-refractivity contribution in [1.29, 1.82) is 0 Å². The summed E-state index contributed by atoms with van der Waals surface area (Å²) in [6.07, 6.45) is 0.0307. The Bertz CT molecular complexity index is 1020. The first-order chi connectivity index (χ1) is 13.3. The lowest BCUT2D eigenvalue weighted by Crippen LogP contribution is -2.25. The monoisotopic (exact) mass is 422 g/mol. The Morgan fingerprint density at radius 2 is 2.04 bits per heavy atom. The SMILES string of the molecule is C[C@H](CC(=O)Nc1ccccc1F)S(=O)(=O)c1ccc2c(c1)NC(=O)CCS2. The maximum absolute atomic E-state index is 13.6. The molecule has 28 heavy (non-hydrogen) atoms. The van der Waals surface area contributed by atoms with Gasteiger partial charge in [0.2, 0.25) is 11.8 Å². The average Bonchev–Trinajstić information content (AvgIpc) is 2.83. The Morgan fingerprint density at radius 1 is 1.29 bits per heavy atom. The molecule has 1 atom stereocenters. The standard InChI is InChI=1S/C19H19FN2O4S2/c1-12(10-19(24)21-15-5-3-2-4-14(15)20)28(25,26)13-6-7-17-16(11-13)22-18(23)8-9-27-17/h2-7,11-12H,8-10H2,1H3,(H,21,24)(H,22,23)/t12-/m1/s1. The molecule has 148 valence electrons. The number of halogens is 1. The van der Waals surface area contributed by atoms with Crippen molar-refractivity contribution in [2.24, 2.45) is 0 Å². The summed E-state index contributed by atoms with van der Waals surface area (Å²) in [5.74, 6) is -0.736. The van der Waals surface area contributed by atoms with Crippen molar-refractivity contribution in [3.8, 4) is 0 Å². The molecule has 3 rings (SSSR count). The fourth-order valence-electron chi connectivity index (χ4n) is 2.74. The van der Waals surface area contributed by atoms with Gasteiger partial charge in [0, 0.05) is 23.5 Å². The number of carbonyl (C=O) groups excluding carboxylic acids is 2. The molecule has 6 nitrogen and oxygen atoms in total. The molecule has 0 saturated carbocycles. The van der Waals surface area contributed by atoms with Gasteiger partial charge in [-0.3, -0.25) is 9.59 Å². The fourth-order valence-corrected chi connectivity index (χ4v) is 5.06. The molecular weight excluding hydrogens is 403 g/mol. The van der Waals surface area contributed by atoms with E-state index in [0.717, 1.165) is 4.90 Å². The van der Waals surface area contributed by atoms with Crippen LogP contribution in [0.25, 0.3) is 0 Å². The van der Waals surface area contributed by atoms with Crippen LogP contribution in [0.3, 0.4) is 0 Å². The molecule has 0 spiro atoms. The van der Waals surface area contributed by atoms with E-state index in [9.17, 15) is 22.4 Å². The first kappa shape index (κ1) is 20.3. The minimum Gasteiger partial charge on any atom is -0.325 e. The normalized spacial score (nSPS) is 15.1. The second-order valence-electron chi connectivity index (χ2n) is 6.39. The van der Waals surface area contributed by atoms with E-state index in [0.29, 0.717) is 17.9 Å². The number of hydrogen-bond acceptors (Lipinski definition) is 5. The van der Waals surface area contributed by atoms with E-state index in [-0.39, 0.29) is 22.9 Å². The van der Waals surface area contributed by atoms with Crippen LogP contribution in [0.5, 0.6) is 0 Å². The molecule has 0 aromatic heterocycles. The predicted octanol–water partition coefficient (Wildman–Crippen LogP) is 3.45. The quantitative estimate of drug-likeness (QED) is 0.770. The van der Waals surface area contributed by atoms with Crippen molar-refractivity contribution >= 4 is 44.8 Å². The molecule has 1 aliphatic heterocycles. The summed E-state index contributed by atoms with van der Waals surface area (Å²) in [5.41, 5.74) is 0.457. The summed E-state index contributed by atoms with van der Waals surface area (Å²) in [7, 11) is -3.81. The summed E-state index contributed by atoms with van der Waals surface area (Å²) in [5, 5.41) is 4.08. The number of fused-ring (bicyclic) bond motifs is 1. The van der Waals surface area contributed by atoms with E-state index in [1.165, 1.54) is 49.0 Å². The third-order valence-electron chi connectivity index (χ3n) is 4.29. The Balaban J connectivity index is 1.76. The van der Waals surface area contributed by atoms with Crippen molar-refractivity contribution in [1.82, 2.24) is 0 Å². The van der Waals surface area contributed by atoms with E-state index in [1.54, 1.807) is 12.1 Å². The molecular formula is C19H19FN2O4S2. The van der Waals surface area contributed by atoms with Gasteiger partial charge in [0.1, 0.15) is 5.82 Å². The van der Waals surface area contributed by atoms with Crippen LogP contribution < -0.4 is 10.6 Å². The Hall–Kier alpha value is -2.39. The predicted molar refractivity (Wildman–Crippen MR) is 107 cm³/mol. The molecule has 0 radical (unpaired) electrons. The summed E-state index contributed by atoms with van der Waals surface area (Å²) in [6, 6.07) is 10.2. The second-order valence-corrected chi connectivity index (χ2v) is 9.90. The first-order valence-corrected chi connectivity index (χ1v) is 11.2. The van der Waals surface area contributed by atoms with Crippen molar-refractivity contribution in [3.05, 3.63) is 48.3 Å². The third-order valence-corrected chi connectivity index (χ3v) is 7.50. The van der Waals surface area contributed by atoms with E-state index in [1.807, 2.05) is 0 Å². The van der Waals surface area contributed by atoms with Crippen LogP contribution in [0.2, 0.25) is 0 Å². The van der Waals surface area contributed by atoms with Crippen molar-refractivity contribution in [2.45, 2.75) is 34.8 Å². The number of thioether (sulfide) groups is 1. The fraction of sp³-hybridized carbons (Fsp3) is 0.263. The van der Waals surface area contributed by atoms with Crippen molar-refractivity contribution < 1.29 is 22.4 Å². The highest BCUT2D eigenvalue weighted by Crippen LogP contribution is 2.33. The molecule has 0 aliphatic carbocycles. The number of nitrogens with one attached hydrogen (secondary N) is 2. The summed E-state index contributed by atoms with van der Waals surface area (Å²) in [6.45, 7) is 1.43. The molecule has 1 aliphatic rings. The van der Waals surface area contributed by atoms with Gasteiger partial charge in [0.05, 0.1) is 21.5 Å². The molecule has 0 unspecified atom stereocenters. The molecule has 1 heterocycles. The number of rotatable bonds is 5. The number of amides is 2. The molecule has 2 N–H and O–H groups in total. The zero-order valence-corrected chi connectivity index (χ0v) is 16.7. The van der Waals surface area contributed by atoms with Gasteiger partial charge in [-0.25, -0.2) is 12.8 Å². The summed E-state index contributed by atoms with van der Waals surface area (Å²) >= 11 is 1.48. The number of benzene rings is 2. The highest BCUT2D eigenvalue weighted by Gasteiger charge is 2.27. The maximum Gasteiger partial charge on any atom is 0.225 e. The second kappa shape index (κ2) is 8.32. The minimum atomic E-state index is -3.81. The summed E-state index contributed by atoms with van der Waals surface area (Å²) < 4.78 is 39.4. The molecule has 2 amide bonds. The Kier molecular flexibility index (Phi) is 6.04. The minimum absolute atomic E-state index is 0.00173. The number of carbonyl (C=O) groups is 2. The summed E-state index contributed by atoms with van der Waals surface area (Å²) in [4.78, 5) is 24.7. The molecule has 0 bridgehead atoms. The smallest absolute Gasteiger partial charge is 0.225 e. The Morgan fingerprint density at radius 3 is 2.79 bits per heavy atom. The zero-order valence-electron chi connectivity index (χ0n) is 15.1. The Labute approximate surface area is 166 Å². The van der Waals surface area contributed by atoms with Crippen LogP contribution in [0, 0.1) is 5.82 Å². The van der Waals surface area contributed by atoms with Crippen LogP contribution in [0.1, 0.15) is 19.8 Å². The topological polar surface area (TPSA) is 92.3 Å². The van der Waals surface area contributed by atoms with Gasteiger partial charge in [0.25, 0.3) is 0 Å². The van der Waals surface area contributed by atoms with Crippen LogP contribution in [-0.4, -0.2) is 31.2 Å². The molecule has 9 heteroatoms. The lowest BCUT2D eigenvalue weighted by atomic mass is 10.2. The van der Waals surface area contributed by atoms with Gasteiger partial charge >= 0.3 is 0 Å². The van der Waals surface area contributed by atoms with E-state index >= 15 is 0 Å². The van der Waals surface area contributed by atoms with Gasteiger partial charge < -0.3 is 10.6 Å². The first-order valence-electron chi connectivity index (χ1n) is 8.62. The average molecular weight is 423 g/mol. The van der Waals surface area contributed by atoms with Gasteiger partial charge in [0.15, 0.2) is 9.84 Å². The van der Waals surface area contributed by atoms with Gasteiger partial charge in [-0.15, -0.1) is 11.8 Å². The third kappa shape index (κ3) is 4.53. The van der Waals surface area contributed by atoms with Crippen molar-refractivity contribution in [3.63, 3.8) is 0 Å². The molecule has 0 fully saturated rings. The molecule has 0 saturated heterocycles. The van der Waals surface area contributed by atoms with Crippen LogP contribution in [0.15, 0.2) is 52.3 Å². The van der Waals surface area contributed by atoms with Crippen LogP contribution in [-0.2, 0) is 19.4 Å². The zero-order chi connectivity index (χ0) is 20.3. The van der Waals surface area contributed by atoms with Gasteiger partial charge in [-0.2, -0.15) is 0 Å². The number of anilines is 2. The maximum atomic E-state index is 13.6. The lowest BCUT2D eigenvalue weighted by molar-refractivity contribution is -0.116. The highest BCUT2D eigenvalue weighted by molar-refractivity contribution is 7.99. The number of para-hydroxylation sites is 1. The van der Waals surface area contributed by atoms with Crippen molar-refractivity contribution in [2.75, 3.05) is 16.4 Å². The van der Waals surface area contributed by atoms with Crippen LogP contribution >= 0.6 is 11.8 Å². The van der Waals surface area contributed by atoms with E-state index in [2.05, 4.69) is 10.6 Å². The molecule has 2 aromatic rings. The van der Waals surface area contributed by atoms with E-state index in [4.69, 9.17) is 0 Å². The van der Waals surface area contributed by atoms with Gasteiger partial charge in [-0.1, -0.05) is 12.1 Å². The highest BCUT2D eigenvalue weighted by atomic mass is 32.2. The van der Waals surface area contributed by atoms with E-state index < -0.39 is 26.8 Å². The van der Waals surface area contributed by atoms with Crippen LogP contribution in [0.4, 0.5) is 15.8 Å².